The molecule has 1 saturated heterocycles. The molecule has 24 heavy (non-hydrogen) atoms. The summed E-state index contributed by atoms with van der Waals surface area (Å²) in [5, 5.41) is 10.7. The molecule has 0 aliphatic carbocycles. The van der Waals surface area contributed by atoms with Crippen molar-refractivity contribution < 1.29 is 4.79 Å². The summed E-state index contributed by atoms with van der Waals surface area (Å²) < 4.78 is 0. The Balaban J connectivity index is 1.59. The van der Waals surface area contributed by atoms with Gasteiger partial charge in [0.25, 0.3) is 5.91 Å². The van der Waals surface area contributed by atoms with Gasteiger partial charge in [-0.25, -0.2) is 0 Å². The number of anilines is 2. The number of rotatable bonds is 5. The molecule has 7 heteroatoms. The van der Waals surface area contributed by atoms with Crippen molar-refractivity contribution in [3.05, 3.63) is 34.5 Å². The third kappa shape index (κ3) is 3.51. The van der Waals surface area contributed by atoms with E-state index in [1.807, 2.05) is 34.5 Å². The quantitative estimate of drug-likeness (QED) is 0.833. The Kier molecular flexibility index (Phi) is 5.30. The Hall–Kier alpha value is -2.15. The molecular weight excluding hydrogens is 322 g/mol. The molecule has 0 radical (unpaired) electrons. The molecule has 1 fully saturated rings. The monoisotopic (exact) mass is 345 g/mol. The van der Waals surface area contributed by atoms with Crippen LogP contribution in [0.3, 0.4) is 0 Å². The molecule has 128 valence electrons. The van der Waals surface area contributed by atoms with E-state index in [0.29, 0.717) is 0 Å². The predicted molar refractivity (Wildman–Crippen MR) is 98.0 cm³/mol. The van der Waals surface area contributed by atoms with Gasteiger partial charge >= 0.3 is 0 Å². The highest BCUT2D eigenvalue weighted by atomic mass is 32.1. The summed E-state index contributed by atoms with van der Waals surface area (Å²) in [7, 11) is 0. The van der Waals surface area contributed by atoms with Crippen molar-refractivity contribution >= 4 is 28.9 Å². The number of amides is 1. The van der Waals surface area contributed by atoms with E-state index in [9.17, 15) is 4.79 Å². The van der Waals surface area contributed by atoms with E-state index < -0.39 is 0 Å². The Labute approximate surface area is 146 Å². The fraction of sp³-hybridized carbons (Fsp3) is 0.471. The maximum Gasteiger partial charge on any atom is 0.264 e. The smallest absolute Gasteiger partial charge is 0.264 e. The molecule has 0 N–H and O–H groups in total. The minimum Gasteiger partial charge on any atom is -0.356 e. The number of piperazine rings is 1. The Bertz CT molecular complexity index is 646. The highest BCUT2D eigenvalue weighted by Crippen LogP contribution is 2.18. The summed E-state index contributed by atoms with van der Waals surface area (Å²) in [4.78, 5) is 19.5. The van der Waals surface area contributed by atoms with Crippen molar-refractivity contribution in [2.24, 2.45) is 0 Å². The zero-order valence-corrected chi connectivity index (χ0v) is 15.0. The van der Waals surface area contributed by atoms with Crippen LogP contribution in [0.2, 0.25) is 0 Å². The van der Waals surface area contributed by atoms with Crippen molar-refractivity contribution in [2.75, 3.05) is 49.1 Å². The second-order valence-corrected chi connectivity index (χ2v) is 6.63. The van der Waals surface area contributed by atoms with Crippen molar-refractivity contribution in [3.63, 3.8) is 0 Å². The van der Waals surface area contributed by atoms with Crippen LogP contribution in [0.25, 0.3) is 0 Å². The lowest BCUT2D eigenvalue weighted by Crippen LogP contribution is -2.49. The van der Waals surface area contributed by atoms with Gasteiger partial charge in [-0.1, -0.05) is 6.07 Å². The number of hydrogen-bond acceptors (Lipinski definition) is 6. The molecule has 1 aliphatic rings. The molecule has 0 saturated carbocycles. The largest absolute Gasteiger partial charge is 0.356 e. The van der Waals surface area contributed by atoms with Gasteiger partial charge in [0.1, 0.15) is 0 Å². The molecule has 0 aromatic carbocycles. The number of carbonyl (C=O) groups is 1. The van der Waals surface area contributed by atoms with E-state index >= 15 is 0 Å². The molecule has 0 bridgehead atoms. The van der Waals surface area contributed by atoms with Crippen molar-refractivity contribution in [1.82, 2.24) is 15.1 Å². The Morgan fingerprint density at radius 2 is 1.88 bits per heavy atom. The first-order valence-electron chi connectivity index (χ1n) is 8.39. The van der Waals surface area contributed by atoms with Gasteiger partial charge < -0.3 is 14.7 Å². The van der Waals surface area contributed by atoms with E-state index in [1.54, 1.807) is 0 Å². The van der Waals surface area contributed by atoms with Gasteiger partial charge in [0.2, 0.25) is 0 Å². The lowest BCUT2D eigenvalue weighted by molar-refractivity contribution is 0.0751. The van der Waals surface area contributed by atoms with E-state index in [4.69, 9.17) is 0 Å². The molecule has 1 aliphatic heterocycles. The Morgan fingerprint density at radius 1 is 1.12 bits per heavy atom. The first kappa shape index (κ1) is 16.7. The van der Waals surface area contributed by atoms with E-state index in [-0.39, 0.29) is 5.91 Å². The fourth-order valence-electron chi connectivity index (χ4n) is 2.90. The Morgan fingerprint density at radius 3 is 2.42 bits per heavy atom. The van der Waals surface area contributed by atoms with E-state index in [1.165, 1.54) is 11.3 Å². The van der Waals surface area contributed by atoms with Gasteiger partial charge in [0.05, 0.1) is 4.88 Å². The van der Waals surface area contributed by atoms with Gasteiger partial charge in [0, 0.05) is 39.3 Å². The van der Waals surface area contributed by atoms with Crippen LogP contribution in [0.4, 0.5) is 11.6 Å². The average Bonchev–Trinajstić information content (AvgIpc) is 3.18. The minimum absolute atomic E-state index is 0.132. The maximum absolute atomic E-state index is 12.4. The van der Waals surface area contributed by atoms with Crippen LogP contribution >= 0.6 is 11.3 Å². The summed E-state index contributed by atoms with van der Waals surface area (Å²) in [6.07, 6.45) is 0. The lowest BCUT2D eigenvalue weighted by atomic mass is 10.3. The molecule has 0 spiro atoms. The number of hydrogen-bond donors (Lipinski definition) is 0. The number of nitrogens with zero attached hydrogens (tertiary/aromatic N) is 5. The molecule has 6 nitrogen and oxygen atoms in total. The van der Waals surface area contributed by atoms with Crippen LogP contribution in [0.15, 0.2) is 29.6 Å². The molecule has 0 atom stereocenters. The van der Waals surface area contributed by atoms with Crippen molar-refractivity contribution in [3.8, 4) is 0 Å². The van der Waals surface area contributed by atoms with Crippen LogP contribution in [0.1, 0.15) is 23.5 Å². The van der Waals surface area contributed by atoms with Crippen LogP contribution < -0.4 is 9.80 Å². The summed E-state index contributed by atoms with van der Waals surface area (Å²) in [5.41, 5.74) is 0. The van der Waals surface area contributed by atoms with Crippen LogP contribution in [0, 0.1) is 0 Å². The molecule has 0 unspecified atom stereocenters. The molecule has 2 aromatic heterocycles. The second-order valence-electron chi connectivity index (χ2n) is 5.68. The van der Waals surface area contributed by atoms with Gasteiger partial charge in [-0.05, 0) is 37.4 Å². The summed E-state index contributed by atoms with van der Waals surface area (Å²) in [6.45, 7) is 9.09. The number of aromatic nitrogens is 2. The molecule has 3 heterocycles. The van der Waals surface area contributed by atoms with Crippen molar-refractivity contribution in [1.29, 1.82) is 0 Å². The molecule has 3 rings (SSSR count). The topological polar surface area (TPSA) is 52.6 Å². The van der Waals surface area contributed by atoms with Gasteiger partial charge in [-0.3, -0.25) is 4.79 Å². The highest BCUT2D eigenvalue weighted by molar-refractivity contribution is 7.12. The average molecular weight is 345 g/mol. The molecular formula is C17H23N5OS. The molecule has 2 aromatic rings. The van der Waals surface area contributed by atoms with Gasteiger partial charge in [-0.2, -0.15) is 0 Å². The zero-order chi connectivity index (χ0) is 16.9. The van der Waals surface area contributed by atoms with Crippen LogP contribution in [0.5, 0.6) is 0 Å². The summed E-state index contributed by atoms with van der Waals surface area (Å²) >= 11 is 1.50. The first-order chi connectivity index (χ1) is 11.7. The fourth-order valence-corrected chi connectivity index (χ4v) is 3.59. The lowest BCUT2D eigenvalue weighted by Gasteiger charge is -2.35. The SMILES string of the molecule is CCN(CC)c1ccc(N2CCN(C(=O)c3cccs3)CC2)nn1. The van der Waals surface area contributed by atoms with Gasteiger partial charge in [-0.15, -0.1) is 21.5 Å². The predicted octanol–water partition coefficient (Wildman–Crippen LogP) is 2.35. The van der Waals surface area contributed by atoms with Crippen molar-refractivity contribution in [2.45, 2.75) is 13.8 Å². The summed E-state index contributed by atoms with van der Waals surface area (Å²) in [6, 6.07) is 7.86. The second kappa shape index (κ2) is 7.61. The van der Waals surface area contributed by atoms with E-state index in [2.05, 4.69) is 33.8 Å². The van der Waals surface area contributed by atoms with Gasteiger partial charge in [0.15, 0.2) is 11.6 Å². The zero-order valence-electron chi connectivity index (χ0n) is 14.2. The summed E-state index contributed by atoms with van der Waals surface area (Å²) in [5.74, 6) is 1.93. The maximum atomic E-state index is 12.4. The number of carbonyl (C=O) groups excluding carboxylic acids is 1. The third-order valence-electron chi connectivity index (χ3n) is 4.35. The first-order valence-corrected chi connectivity index (χ1v) is 9.27. The minimum atomic E-state index is 0.132. The van der Waals surface area contributed by atoms with E-state index in [0.717, 1.165) is 55.8 Å². The normalized spacial score (nSPS) is 14.8. The highest BCUT2D eigenvalue weighted by Gasteiger charge is 2.23. The number of thiophene rings is 1. The van der Waals surface area contributed by atoms with Crippen LogP contribution in [-0.2, 0) is 0 Å². The van der Waals surface area contributed by atoms with Crippen LogP contribution in [-0.4, -0.2) is 60.3 Å². The standard InChI is InChI=1S/C17H23N5OS/c1-3-20(4-2)15-7-8-16(19-18-15)21-9-11-22(12-10-21)17(23)14-6-5-13-24-14/h5-8,13H,3-4,9-12H2,1-2H3. The molecule has 1 amide bonds. The third-order valence-corrected chi connectivity index (χ3v) is 5.20.